The van der Waals surface area contributed by atoms with Crippen LogP contribution < -0.4 is 0 Å². The molecular weight excluding hydrogens is 192 g/mol. The van der Waals surface area contributed by atoms with Gasteiger partial charge in [0.25, 0.3) is 0 Å². The predicted molar refractivity (Wildman–Crippen MR) is 58.9 cm³/mol. The van der Waals surface area contributed by atoms with E-state index < -0.39 is 0 Å². The minimum Gasteiger partial charge on any atom is -0.382 e. The summed E-state index contributed by atoms with van der Waals surface area (Å²) < 4.78 is 15.9. The van der Waals surface area contributed by atoms with Gasteiger partial charge < -0.3 is 14.2 Å². The van der Waals surface area contributed by atoms with E-state index in [4.69, 9.17) is 14.2 Å². The van der Waals surface area contributed by atoms with E-state index in [1.165, 1.54) is 0 Å². The molecule has 1 aromatic rings. The highest BCUT2D eigenvalue weighted by Gasteiger charge is 2.22. The Hall–Kier alpha value is -0.900. The summed E-state index contributed by atoms with van der Waals surface area (Å²) in [5.41, 5.74) is 1.10. The van der Waals surface area contributed by atoms with E-state index in [2.05, 4.69) is 0 Å². The van der Waals surface area contributed by atoms with E-state index in [1.54, 1.807) is 21.3 Å². The molecule has 0 aliphatic rings. The van der Waals surface area contributed by atoms with Gasteiger partial charge in [0.1, 0.15) is 12.2 Å². The normalized spacial score (nSPS) is 14.9. The van der Waals surface area contributed by atoms with E-state index in [0.717, 1.165) is 5.56 Å². The molecule has 2 atom stereocenters. The molecule has 84 valence electrons. The molecule has 0 aromatic heterocycles. The van der Waals surface area contributed by atoms with Gasteiger partial charge >= 0.3 is 0 Å². The Morgan fingerprint density at radius 2 is 1.67 bits per heavy atom. The number of rotatable bonds is 6. The number of benzene rings is 1. The van der Waals surface area contributed by atoms with Gasteiger partial charge in [-0.15, -0.1) is 0 Å². The highest BCUT2D eigenvalue weighted by Crippen LogP contribution is 2.22. The van der Waals surface area contributed by atoms with E-state index in [0.29, 0.717) is 6.61 Å². The molecular formula is C12H18O3. The van der Waals surface area contributed by atoms with Crippen LogP contribution in [0.15, 0.2) is 30.3 Å². The fourth-order valence-electron chi connectivity index (χ4n) is 1.59. The average molecular weight is 210 g/mol. The maximum Gasteiger partial charge on any atom is 0.111 e. The molecule has 0 aliphatic carbocycles. The van der Waals surface area contributed by atoms with Crippen LogP contribution in [-0.4, -0.2) is 34.0 Å². The van der Waals surface area contributed by atoms with Gasteiger partial charge in [-0.3, -0.25) is 0 Å². The summed E-state index contributed by atoms with van der Waals surface area (Å²) in [5, 5.41) is 0. The molecule has 0 saturated carbocycles. The summed E-state index contributed by atoms with van der Waals surface area (Å²) in [5.74, 6) is 0. The van der Waals surface area contributed by atoms with Crippen molar-refractivity contribution < 1.29 is 14.2 Å². The molecule has 0 spiro atoms. The minimum atomic E-state index is -0.0869. The lowest BCUT2D eigenvalue weighted by Gasteiger charge is -2.24. The highest BCUT2D eigenvalue weighted by molar-refractivity contribution is 5.18. The summed E-state index contributed by atoms with van der Waals surface area (Å²) >= 11 is 0. The summed E-state index contributed by atoms with van der Waals surface area (Å²) in [6.07, 6.45) is -0.168. The zero-order valence-corrected chi connectivity index (χ0v) is 9.47. The van der Waals surface area contributed by atoms with E-state index in [1.807, 2.05) is 30.3 Å². The van der Waals surface area contributed by atoms with Gasteiger partial charge in [0.15, 0.2) is 0 Å². The Bertz CT molecular complexity index is 261. The molecule has 0 aliphatic heterocycles. The first-order valence-electron chi connectivity index (χ1n) is 4.93. The summed E-state index contributed by atoms with van der Waals surface area (Å²) in [7, 11) is 5.00. The molecule has 0 saturated heterocycles. The van der Waals surface area contributed by atoms with Crippen LogP contribution in [-0.2, 0) is 14.2 Å². The van der Waals surface area contributed by atoms with Gasteiger partial charge in [-0.25, -0.2) is 0 Å². The average Bonchev–Trinajstić information content (AvgIpc) is 2.30. The van der Waals surface area contributed by atoms with Crippen LogP contribution in [0.25, 0.3) is 0 Å². The largest absolute Gasteiger partial charge is 0.382 e. The fraction of sp³-hybridized carbons (Fsp3) is 0.500. The summed E-state index contributed by atoms with van der Waals surface area (Å²) in [6, 6.07) is 10.0. The first-order valence-corrected chi connectivity index (χ1v) is 4.93. The monoisotopic (exact) mass is 210 g/mol. The second-order valence-electron chi connectivity index (χ2n) is 3.30. The Labute approximate surface area is 91.0 Å². The van der Waals surface area contributed by atoms with Gasteiger partial charge in [-0.05, 0) is 5.56 Å². The molecule has 3 nitrogen and oxygen atoms in total. The maximum atomic E-state index is 5.44. The minimum absolute atomic E-state index is 0.0811. The van der Waals surface area contributed by atoms with Gasteiger partial charge in [0, 0.05) is 21.3 Å². The van der Waals surface area contributed by atoms with E-state index in [-0.39, 0.29) is 12.2 Å². The summed E-state index contributed by atoms with van der Waals surface area (Å²) in [6.45, 7) is 0.518. The van der Waals surface area contributed by atoms with Crippen LogP contribution in [0.2, 0.25) is 0 Å². The van der Waals surface area contributed by atoms with Crippen LogP contribution in [0.3, 0.4) is 0 Å². The molecule has 0 heterocycles. The highest BCUT2D eigenvalue weighted by atomic mass is 16.6. The lowest BCUT2D eigenvalue weighted by Crippen LogP contribution is -2.27. The van der Waals surface area contributed by atoms with Crippen molar-refractivity contribution in [3.05, 3.63) is 35.9 Å². The lowest BCUT2D eigenvalue weighted by atomic mass is 10.0. The maximum absolute atomic E-state index is 5.44. The number of ether oxygens (including phenoxy) is 3. The third-order valence-corrected chi connectivity index (χ3v) is 2.35. The van der Waals surface area contributed by atoms with Crippen molar-refractivity contribution in [1.29, 1.82) is 0 Å². The van der Waals surface area contributed by atoms with Crippen LogP contribution >= 0.6 is 0 Å². The Morgan fingerprint density at radius 3 is 2.13 bits per heavy atom. The standard InChI is InChI=1S/C12H18O3/c1-13-9-11(14-2)12(15-3)10-7-5-4-6-8-10/h4-8,11-12H,9H2,1-3H3. The fourth-order valence-corrected chi connectivity index (χ4v) is 1.59. The molecule has 1 rings (SSSR count). The number of hydrogen-bond acceptors (Lipinski definition) is 3. The molecule has 1 aromatic carbocycles. The van der Waals surface area contributed by atoms with Crippen molar-refractivity contribution in [3.63, 3.8) is 0 Å². The van der Waals surface area contributed by atoms with Gasteiger partial charge in [0.2, 0.25) is 0 Å². The van der Waals surface area contributed by atoms with Crippen molar-refractivity contribution in [1.82, 2.24) is 0 Å². The number of hydrogen-bond donors (Lipinski definition) is 0. The molecule has 0 bridgehead atoms. The summed E-state index contributed by atoms with van der Waals surface area (Å²) in [4.78, 5) is 0. The first kappa shape index (κ1) is 12.2. The van der Waals surface area contributed by atoms with Crippen molar-refractivity contribution >= 4 is 0 Å². The van der Waals surface area contributed by atoms with Crippen molar-refractivity contribution in [2.24, 2.45) is 0 Å². The third kappa shape index (κ3) is 3.30. The van der Waals surface area contributed by atoms with Crippen molar-refractivity contribution in [3.8, 4) is 0 Å². The van der Waals surface area contributed by atoms with Crippen molar-refractivity contribution in [2.75, 3.05) is 27.9 Å². The molecule has 0 radical (unpaired) electrons. The molecule has 2 unspecified atom stereocenters. The molecule has 3 heteroatoms. The topological polar surface area (TPSA) is 27.7 Å². The van der Waals surface area contributed by atoms with Crippen LogP contribution in [0.4, 0.5) is 0 Å². The third-order valence-electron chi connectivity index (χ3n) is 2.35. The van der Waals surface area contributed by atoms with E-state index in [9.17, 15) is 0 Å². The Kier molecular flexibility index (Phi) is 5.32. The smallest absolute Gasteiger partial charge is 0.111 e. The lowest BCUT2D eigenvalue weighted by molar-refractivity contribution is -0.0696. The van der Waals surface area contributed by atoms with Crippen molar-refractivity contribution in [2.45, 2.75) is 12.2 Å². The van der Waals surface area contributed by atoms with Gasteiger partial charge in [-0.2, -0.15) is 0 Å². The Morgan fingerprint density at radius 1 is 1.00 bits per heavy atom. The molecule has 15 heavy (non-hydrogen) atoms. The zero-order valence-electron chi connectivity index (χ0n) is 9.47. The number of methoxy groups -OCH3 is 3. The van der Waals surface area contributed by atoms with Gasteiger partial charge in [0.05, 0.1) is 6.61 Å². The first-order chi connectivity index (χ1) is 7.33. The van der Waals surface area contributed by atoms with Gasteiger partial charge in [-0.1, -0.05) is 30.3 Å². The second kappa shape index (κ2) is 6.56. The SMILES string of the molecule is COCC(OC)C(OC)c1ccccc1. The molecule has 0 amide bonds. The van der Waals surface area contributed by atoms with Crippen LogP contribution in [0.1, 0.15) is 11.7 Å². The zero-order chi connectivity index (χ0) is 11.1. The van der Waals surface area contributed by atoms with E-state index >= 15 is 0 Å². The van der Waals surface area contributed by atoms with Crippen LogP contribution in [0, 0.1) is 0 Å². The molecule has 0 N–H and O–H groups in total. The predicted octanol–water partition coefficient (Wildman–Crippen LogP) is 2.04. The second-order valence-corrected chi connectivity index (χ2v) is 3.30. The quantitative estimate of drug-likeness (QED) is 0.719. The Balaban J connectivity index is 2.77. The molecule has 0 fully saturated rings. The van der Waals surface area contributed by atoms with Crippen LogP contribution in [0.5, 0.6) is 0 Å².